The Bertz CT molecular complexity index is 1020. The molecule has 0 aliphatic heterocycles. The molecular formula is C19H18O7. The zero-order chi connectivity index (χ0) is 19.0. The molecule has 136 valence electrons. The number of ether oxygens (including phenoxy) is 3. The fraction of sp³-hybridized carbons (Fsp3) is 0.211. The molecule has 0 radical (unpaired) electrons. The van der Waals surface area contributed by atoms with Gasteiger partial charge < -0.3 is 28.8 Å². The average Bonchev–Trinajstić information content (AvgIpc) is 2.64. The summed E-state index contributed by atoms with van der Waals surface area (Å²) in [5, 5.41) is 19.9. The first kappa shape index (κ1) is 17.5. The largest absolute Gasteiger partial charge is 0.507 e. The van der Waals surface area contributed by atoms with Gasteiger partial charge in [-0.3, -0.25) is 4.79 Å². The lowest BCUT2D eigenvalue weighted by Crippen LogP contribution is -2.02. The van der Waals surface area contributed by atoms with Crippen molar-refractivity contribution < 1.29 is 28.8 Å². The van der Waals surface area contributed by atoms with Crippen molar-refractivity contribution in [3.05, 3.63) is 40.1 Å². The Morgan fingerprint density at radius 2 is 1.50 bits per heavy atom. The van der Waals surface area contributed by atoms with Gasteiger partial charge in [-0.1, -0.05) is 0 Å². The van der Waals surface area contributed by atoms with E-state index in [1.165, 1.54) is 27.4 Å². The van der Waals surface area contributed by atoms with Crippen LogP contribution in [0.1, 0.15) is 5.56 Å². The summed E-state index contributed by atoms with van der Waals surface area (Å²) in [6.45, 7) is 1.60. The predicted molar refractivity (Wildman–Crippen MR) is 95.6 cm³/mol. The van der Waals surface area contributed by atoms with Crippen LogP contribution in [0.4, 0.5) is 0 Å². The maximum absolute atomic E-state index is 12.5. The van der Waals surface area contributed by atoms with E-state index in [0.29, 0.717) is 28.4 Å². The maximum Gasteiger partial charge on any atom is 0.203 e. The predicted octanol–water partition coefficient (Wildman–Crippen LogP) is 3.21. The summed E-state index contributed by atoms with van der Waals surface area (Å²) in [6, 6.07) is 5.67. The topological polar surface area (TPSA) is 98.4 Å². The highest BCUT2D eigenvalue weighted by Gasteiger charge is 2.19. The number of methoxy groups -OCH3 is 3. The van der Waals surface area contributed by atoms with Gasteiger partial charge in [0.2, 0.25) is 5.75 Å². The lowest BCUT2D eigenvalue weighted by atomic mass is 10.1. The van der Waals surface area contributed by atoms with Crippen LogP contribution in [0, 0.1) is 6.92 Å². The molecular weight excluding hydrogens is 340 g/mol. The molecule has 1 heterocycles. The minimum Gasteiger partial charge on any atom is -0.507 e. The van der Waals surface area contributed by atoms with Crippen molar-refractivity contribution in [3.63, 3.8) is 0 Å². The Hall–Kier alpha value is -3.35. The quantitative estimate of drug-likeness (QED) is 0.739. The highest BCUT2D eigenvalue weighted by Crippen LogP contribution is 2.42. The third-order valence-electron chi connectivity index (χ3n) is 4.15. The minimum absolute atomic E-state index is 0.0106. The third kappa shape index (κ3) is 2.67. The third-order valence-corrected chi connectivity index (χ3v) is 4.15. The van der Waals surface area contributed by atoms with Gasteiger partial charge in [0.25, 0.3) is 0 Å². The van der Waals surface area contributed by atoms with Crippen molar-refractivity contribution in [2.45, 2.75) is 6.92 Å². The number of hydrogen-bond acceptors (Lipinski definition) is 7. The molecule has 0 spiro atoms. The lowest BCUT2D eigenvalue weighted by molar-refractivity contribution is 0.324. The summed E-state index contributed by atoms with van der Waals surface area (Å²) >= 11 is 0. The molecule has 0 aliphatic carbocycles. The second kappa shape index (κ2) is 6.51. The Balaban J connectivity index is 2.33. The van der Waals surface area contributed by atoms with Crippen LogP contribution in [-0.2, 0) is 0 Å². The molecule has 7 heteroatoms. The van der Waals surface area contributed by atoms with Crippen molar-refractivity contribution >= 4 is 11.0 Å². The molecule has 1 aromatic heterocycles. The Morgan fingerprint density at radius 3 is 2.04 bits per heavy atom. The average molecular weight is 358 g/mol. The van der Waals surface area contributed by atoms with Crippen LogP contribution in [0.3, 0.4) is 0 Å². The van der Waals surface area contributed by atoms with Crippen molar-refractivity contribution in [3.8, 4) is 40.1 Å². The monoisotopic (exact) mass is 358 g/mol. The second-order valence-electron chi connectivity index (χ2n) is 5.63. The molecule has 0 saturated heterocycles. The van der Waals surface area contributed by atoms with Crippen LogP contribution in [0.25, 0.3) is 22.3 Å². The number of phenols is 2. The summed E-state index contributed by atoms with van der Waals surface area (Å²) in [6.07, 6.45) is 0. The molecule has 0 saturated carbocycles. The molecule has 0 unspecified atom stereocenters. The second-order valence-corrected chi connectivity index (χ2v) is 5.63. The van der Waals surface area contributed by atoms with Crippen molar-refractivity contribution in [1.82, 2.24) is 0 Å². The molecule has 7 nitrogen and oxygen atoms in total. The van der Waals surface area contributed by atoms with Crippen LogP contribution < -0.4 is 19.6 Å². The van der Waals surface area contributed by atoms with Gasteiger partial charge >= 0.3 is 0 Å². The minimum atomic E-state index is -0.435. The SMILES string of the molecule is COc1cc(-c2cc(=O)c3c(O)cc(O)c(C)c3o2)cc(OC)c1OC. The normalized spacial score (nSPS) is 10.8. The van der Waals surface area contributed by atoms with E-state index in [0.717, 1.165) is 6.07 Å². The lowest BCUT2D eigenvalue weighted by Gasteiger charge is -2.14. The van der Waals surface area contributed by atoms with Crippen LogP contribution in [0.15, 0.2) is 33.5 Å². The van der Waals surface area contributed by atoms with Crippen molar-refractivity contribution in [1.29, 1.82) is 0 Å². The summed E-state index contributed by atoms with van der Waals surface area (Å²) in [5.41, 5.74) is 0.541. The molecule has 0 aliphatic rings. The first-order valence-electron chi connectivity index (χ1n) is 7.71. The van der Waals surface area contributed by atoms with E-state index in [1.807, 2.05) is 0 Å². The highest BCUT2D eigenvalue weighted by atomic mass is 16.5. The van der Waals surface area contributed by atoms with Crippen LogP contribution >= 0.6 is 0 Å². The van der Waals surface area contributed by atoms with Gasteiger partial charge in [-0.25, -0.2) is 0 Å². The Labute approximate surface area is 149 Å². The van der Waals surface area contributed by atoms with Gasteiger partial charge in [0.05, 0.1) is 21.3 Å². The Morgan fingerprint density at radius 1 is 0.885 bits per heavy atom. The number of hydrogen-bond donors (Lipinski definition) is 2. The molecule has 0 amide bonds. The fourth-order valence-electron chi connectivity index (χ4n) is 2.79. The number of aromatic hydroxyl groups is 2. The molecule has 0 bridgehead atoms. The zero-order valence-electron chi connectivity index (χ0n) is 14.7. The molecule has 0 atom stereocenters. The van der Waals surface area contributed by atoms with Crippen molar-refractivity contribution in [2.75, 3.05) is 21.3 Å². The molecule has 0 fully saturated rings. The Kier molecular flexibility index (Phi) is 4.38. The van der Waals surface area contributed by atoms with Crippen LogP contribution in [-0.4, -0.2) is 31.5 Å². The molecule has 2 aromatic carbocycles. The molecule has 2 N–H and O–H groups in total. The molecule has 26 heavy (non-hydrogen) atoms. The van der Waals surface area contributed by atoms with E-state index in [2.05, 4.69) is 0 Å². The van der Waals surface area contributed by atoms with Crippen molar-refractivity contribution in [2.24, 2.45) is 0 Å². The number of benzene rings is 2. The number of phenolic OH excluding ortho intramolecular Hbond substituents is 2. The summed E-state index contributed by atoms with van der Waals surface area (Å²) < 4.78 is 21.7. The van der Waals surface area contributed by atoms with E-state index in [9.17, 15) is 15.0 Å². The first-order valence-corrected chi connectivity index (χ1v) is 7.71. The standard InChI is InChI=1S/C19H18O7/c1-9-11(20)7-12(21)17-13(22)8-14(26-18(9)17)10-5-15(23-2)19(25-4)16(6-10)24-3/h5-8,20-21H,1-4H3. The van der Waals surface area contributed by atoms with Gasteiger partial charge in [0.15, 0.2) is 16.9 Å². The van der Waals surface area contributed by atoms with E-state index < -0.39 is 5.43 Å². The van der Waals surface area contributed by atoms with Crippen LogP contribution in [0.5, 0.6) is 28.7 Å². The van der Waals surface area contributed by atoms with Gasteiger partial charge in [-0.2, -0.15) is 0 Å². The highest BCUT2D eigenvalue weighted by molar-refractivity contribution is 5.89. The van der Waals surface area contributed by atoms with E-state index in [1.54, 1.807) is 19.1 Å². The van der Waals surface area contributed by atoms with Gasteiger partial charge in [-0.05, 0) is 19.1 Å². The van der Waals surface area contributed by atoms with Gasteiger partial charge in [-0.15, -0.1) is 0 Å². The van der Waals surface area contributed by atoms with E-state index >= 15 is 0 Å². The van der Waals surface area contributed by atoms with E-state index in [-0.39, 0.29) is 28.2 Å². The van der Waals surface area contributed by atoms with Gasteiger partial charge in [0, 0.05) is 23.3 Å². The summed E-state index contributed by atoms with van der Waals surface area (Å²) in [5.74, 6) is 0.942. The van der Waals surface area contributed by atoms with Gasteiger partial charge in [0.1, 0.15) is 28.2 Å². The fourth-order valence-corrected chi connectivity index (χ4v) is 2.79. The number of aryl methyl sites for hydroxylation is 1. The molecule has 3 aromatic rings. The smallest absolute Gasteiger partial charge is 0.203 e. The summed E-state index contributed by atoms with van der Waals surface area (Å²) in [7, 11) is 4.46. The maximum atomic E-state index is 12.5. The van der Waals surface area contributed by atoms with Crippen LogP contribution in [0.2, 0.25) is 0 Å². The first-order chi connectivity index (χ1) is 12.4. The summed E-state index contributed by atoms with van der Waals surface area (Å²) in [4.78, 5) is 12.5. The van der Waals surface area contributed by atoms with E-state index in [4.69, 9.17) is 18.6 Å². The zero-order valence-corrected chi connectivity index (χ0v) is 14.7. The molecule has 3 rings (SSSR count). The number of fused-ring (bicyclic) bond motifs is 1. The number of rotatable bonds is 4.